The number of hydrogen-bond acceptors (Lipinski definition) is 4. The van der Waals surface area contributed by atoms with Gasteiger partial charge in [-0.05, 0) is 34.1 Å². The summed E-state index contributed by atoms with van der Waals surface area (Å²) in [6.07, 6.45) is 3.40. The first-order valence-electron chi connectivity index (χ1n) is 4.95. The molecule has 0 aliphatic rings. The molecule has 3 N–H and O–H groups in total. The first-order valence-corrected chi connectivity index (χ1v) is 5.75. The summed E-state index contributed by atoms with van der Waals surface area (Å²) in [4.78, 5) is 15.8. The van der Waals surface area contributed by atoms with Crippen LogP contribution in [0, 0.1) is 0 Å². The van der Waals surface area contributed by atoms with Crippen LogP contribution in [0.2, 0.25) is 0 Å². The average molecular weight is 290 g/mol. The van der Waals surface area contributed by atoms with Gasteiger partial charge in [-0.2, -0.15) is 0 Å². The van der Waals surface area contributed by atoms with E-state index in [1.54, 1.807) is 18.5 Å². The maximum atomic E-state index is 5.54. The van der Waals surface area contributed by atoms with Gasteiger partial charge in [0.05, 0.1) is 5.52 Å². The zero-order valence-electron chi connectivity index (χ0n) is 8.68. The van der Waals surface area contributed by atoms with E-state index in [-0.39, 0.29) is 0 Å². The molecule has 17 heavy (non-hydrogen) atoms. The van der Waals surface area contributed by atoms with Crippen LogP contribution < -0.4 is 5.73 Å². The fraction of sp³-hybridized carbons (Fsp3) is 0. The van der Waals surface area contributed by atoms with E-state index in [2.05, 4.69) is 35.9 Å². The number of imidazole rings is 1. The fourth-order valence-electron chi connectivity index (χ4n) is 1.56. The summed E-state index contributed by atoms with van der Waals surface area (Å²) in [5, 5.41) is 0. The van der Waals surface area contributed by atoms with Gasteiger partial charge in [0.15, 0.2) is 5.65 Å². The van der Waals surface area contributed by atoms with Crippen LogP contribution in [0.5, 0.6) is 0 Å². The van der Waals surface area contributed by atoms with Gasteiger partial charge in [0.25, 0.3) is 0 Å². The molecule has 0 amide bonds. The molecule has 0 aromatic carbocycles. The molecule has 0 atom stereocenters. The van der Waals surface area contributed by atoms with Crippen molar-refractivity contribution in [2.75, 3.05) is 5.73 Å². The number of rotatable bonds is 1. The molecule has 0 radical (unpaired) electrons. The van der Waals surface area contributed by atoms with Crippen LogP contribution in [0.25, 0.3) is 22.6 Å². The van der Waals surface area contributed by atoms with E-state index in [0.717, 1.165) is 21.4 Å². The molecule has 0 fully saturated rings. The van der Waals surface area contributed by atoms with Crippen molar-refractivity contribution in [3.05, 3.63) is 35.1 Å². The second-order valence-corrected chi connectivity index (χ2v) is 4.50. The second kappa shape index (κ2) is 3.81. The van der Waals surface area contributed by atoms with Crippen molar-refractivity contribution in [2.24, 2.45) is 0 Å². The smallest absolute Gasteiger partial charge is 0.178 e. The van der Waals surface area contributed by atoms with Gasteiger partial charge in [-0.25, -0.2) is 15.0 Å². The highest BCUT2D eigenvalue weighted by atomic mass is 79.9. The summed E-state index contributed by atoms with van der Waals surface area (Å²) < 4.78 is 0.913. The maximum absolute atomic E-state index is 5.54. The van der Waals surface area contributed by atoms with Crippen LogP contribution in [0.1, 0.15) is 0 Å². The van der Waals surface area contributed by atoms with Crippen molar-refractivity contribution in [3.63, 3.8) is 0 Å². The number of pyridine rings is 2. The van der Waals surface area contributed by atoms with Crippen molar-refractivity contribution in [3.8, 4) is 11.4 Å². The van der Waals surface area contributed by atoms with E-state index in [1.165, 1.54) is 0 Å². The lowest BCUT2D eigenvalue weighted by atomic mass is 10.3. The molecule has 3 heterocycles. The van der Waals surface area contributed by atoms with Gasteiger partial charge in [0.1, 0.15) is 11.6 Å². The predicted octanol–water partition coefficient (Wildman–Crippen LogP) is 2.36. The third-order valence-corrected chi connectivity index (χ3v) is 2.80. The summed E-state index contributed by atoms with van der Waals surface area (Å²) in [6, 6.07) is 5.55. The highest BCUT2D eigenvalue weighted by molar-refractivity contribution is 9.10. The Labute approximate surface area is 105 Å². The molecule has 0 unspecified atom stereocenters. The van der Waals surface area contributed by atoms with E-state index >= 15 is 0 Å². The molecule has 84 valence electrons. The van der Waals surface area contributed by atoms with Crippen molar-refractivity contribution < 1.29 is 0 Å². The number of nitrogens with zero attached hydrogens (tertiary/aromatic N) is 3. The largest absolute Gasteiger partial charge is 0.384 e. The quantitative estimate of drug-likeness (QED) is 0.721. The van der Waals surface area contributed by atoms with Gasteiger partial charge >= 0.3 is 0 Å². The van der Waals surface area contributed by atoms with E-state index in [1.807, 2.05) is 12.1 Å². The second-order valence-electron chi connectivity index (χ2n) is 3.58. The zero-order chi connectivity index (χ0) is 11.8. The van der Waals surface area contributed by atoms with Gasteiger partial charge in [-0.1, -0.05) is 0 Å². The summed E-state index contributed by atoms with van der Waals surface area (Å²) in [6.45, 7) is 0. The number of fused-ring (bicyclic) bond motifs is 1. The summed E-state index contributed by atoms with van der Waals surface area (Å²) in [5.74, 6) is 1.23. The minimum Gasteiger partial charge on any atom is -0.384 e. The number of nitrogen functional groups attached to an aromatic ring is 1. The van der Waals surface area contributed by atoms with E-state index in [9.17, 15) is 0 Å². The Hall–Kier alpha value is -1.95. The van der Waals surface area contributed by atoms with Crippen molar-refractivity contribution in [1.82, 2.24) is 19.9 Å². The molecule has 0 aliphatic carbocycles. The predicted molar refractivity (Wildman–Crippen MR) is 69.2 cm³/mol. The van der Waals surface area contributed by atoms with Crippen LogP contribution >= 0.6 is 15.9 Å². The number of nitrogens with one attached hydrogen (secondary N) is 1. The van der Waals surface area contributed by atoms with Crippen molar-refractivity contribution in [2.45, 2.75) is 0 Å². The highest BCUT2D eigenvalue weighted by Gasteiger charge is 2.06. The standard InChI is InChI=1S/C11H8BrN5/c12-7-3-8-11(15-5-7)17-10(16-8)6-1-2-9(13)14-4-6/h1-5H,(H2,13,14)(H,15,16,17). The van der Waals surface area contributed by atoms with E-state index < -0.39 is 0 Å². The van der Waals surface area contributed by atoms with Crippen LogP contribution in [0.4, 0.5) is 5.82 Å². The topological polar surface area (TPSA) is 80.5 Å². The monoisotopic (exact) mass is 289 g/mol. The Kier molecular flexibility index (Phi) is 2.29. The van der Waals surface area contributed by atoms with Gasteiger partial charge in [-0.15, -0.1) is 0 Å². The third kappa shape index (κ3) is 1.87. The average Bonchev–Trinajstić information content (AvgIpc) is 2.72. The zero-order valence-corrected chi connectivity index (χ0v) is 10.3. The SMILES string of the molecule is Nc1ccc(-c2nc3ncc(Br)cc3[nH]2)cn1. The number of aromatic amines is 1. The molecule has 0 saturated heterocycles. The van der Waals surface area contributed by atoms with Crippen LogP contribution in [-0.2, 0) is 0 Å². The number of hydrogen-bond donors (Lipinski definition) is 2. The third-order valence-electron chi connectivity index (χ3n) is 2.36. The Bertz CT molecular complexity index is 674. The normalized spacial score (nSPS) is 10.9. The first-order chi connectivity index (χ1) is 8.22. The van der Waals surface area contributed by atoms with Gasteiger partial charge < -0.3 is 10.7 Å². The number of halogens is 1. The Morgan fingerprint density at radius 3 is 2.82 bits per heavy atom. The van der Waals surface area contributed by atoms with Gasteiger partial charge in [0, 0.05) is 22.4 Å². The summed E-state index contributed by atoms with van der Waals surface area (Å²) in [7, 11) is 0. The number of nitrogens with two attached hydrogens (primary N) is 1. The van der Waals surface area contributed by atoms with Crippen LogP contribution in [-0.4, -0.2) is 19.9 Å². The number of aromatic nitrogens is 4. The molecule has 6 heteroatoms. The first kappa shape index (κ1) is 10.2. The van der Waals surface area contributed by atoms with E-state index in [0.29, 0.717) is 11.5 Å². The maximum Gasteiger partial charge on any atom is 0.178 e. The summed E-state index contributed by atoms with van der Waals surface area (Å²) >= 11 is 3.37. The van der Waals surface area contributed by atoms with Crippen LogP contribution in [0.15, 0.2) is 35.1 Å². The Morgan fingerprint density at radius 1 is 1.18 bits per heavy atom. The minimum absolute atomic E-state index is 0.491. The summed E-state index contributed by atoms with van der Waals surface area (Å²) in [5.41, 5.74) is 7.98. The molecule has 3 aromatic heterocycles. The lowest BCUT2D eigenvalue weighted by Crippen LogP contribution is -1.89. The van der Waals surface area contributed by atoms with Crippen molar-refractivity contribution in [1.29, 1.82) is 0 Å². The Morgan fingerprint density at radius 2 is 2.06 bits per heavy atom. The van der Waals surface area contributed by atoms with Gasteiger partial charge in [0.2, 0.25) is 0 Å². The highest BCUT2D eigenvalue weighted by Crippen LogP contribution is 2.21. The number of anilines is 1. The Balaban J connectivity index is 2.14. The number of H-pyrrole nitrogens is 1. The molecule has 5 nitrogen and oxygen atoms in total. The molecule has 0 bridgehead atoms. The molecule has 0 spiro atoms. The molecular weight excluding hydrogens is 282 g/mol. The fourth-order valence-corrected chi connectivity index (χ4v) is 1.89. The van der Waals surface area contributed by atoms with E-state index in [4.69, 9.17) is 5.73 Å². The molecule has 0 aliphatic heterocycles. The molecular formula is C11H8BrN5. The minimum atomic E-state index is 0.491. The molecule has 3 aromatic rings. The van der Waals surface area contributed by atoms with Crippen molar-refractivity contribution >= 4 is 32.9 Å². The lowest BCUT2D eigenvalue weighted by Gasteiger charge is -1.95. The van der Waals surface area contributed by atoms with Gasteiger partial charge in [-0.3, -0.25) is 0 Å². The molecule has 3 rings (SSSR count). The lowest BCUT2D eigenvalue weighted by molar-refractivity contribution is 1.27. The van der Waals surface area contributed by atoms with Crippen LogP contribution in [0.3, 0.4) is 0 Å². The molecule has 0 saturated carbocycles.